The van der Waals surface area contributed by atoms with Crippen LogP contribution in [0, 0.1) is 11.8 Å². The third-order valence-corrected chi connectivity index (χ3v) is 1.61. The van der Waals surface area contributed by atoms with Crippen LogP contribution in [-0.4, -0.2) is 17.3 Å². The maximum atomic E-state index is 12.0. The number of phenols is 1. The third kappa shape index (κ3) is 3.91. The SMILES string of the molecule is Oc1ccc(OC(F)(F)F)c(C#CCCl)c1. The van der Waals surface area contributed by atoms with Crippen molar-refractivity contribution >= 4 is 11.6 Å². The van der Waals surface area contributed by atoms with Gasteiger partial charge in [0, 0.05) is 0 Å². The highest BCUT2D eigenvalue weighted by atomic mass is 35.5. The minimum atomic E-state index is -4.80. The van der Waals surface area contributed by atoms with Gasteiger partial charge in [0.15, 0.2) is 0 Å². The lowest BCUT2D eigenvalue weighted by atomic mass is 10.2. The number of phenolic OH excluding ortho intramolecular Hbond substituents is 1. The van der Waals surface area contributed by atoms with E-state index < -0.39 is 12.1 Å². The van der Waals surface area contributed by atoms with Crippen molar-refractivity contribution in [3.05, 3.63) is 23.8 Å². The maximum absolute atomic E-state index is 12.0. The van der Waals surface area contributed by atoms with Crippen molar-refractivity contribution in [1.82, 2.24) is 0 Å². The van der Waals surface area contributed by atoms with Crippen molar-refractivity contribution in [2.45, 2.75) is 6.36 Å². The fraction of sp³-hybridized carbons (Fsp3) is 0.200. The first kappa shape index (κ1) is 12.5. The molecule has 0 heterocycles. The van der Waals surface area contributed by atoms with Gasteiger partial charge in [-0.1, -0.05) is 11.8 Å². The molecule has 0 saturated heterocycles. The highest BCUT2D eigenvalue weighted by Crippen LogP contribution is 2.28. The molecule has 16 heavy (non-hydrogen) atoms. The second-order valence-electron chi connectivity index (χ2n) is 2.66. The summed E-state index contributed by atoms with van der Waals surface area (Å²) in [5, 5.41) is 9.10. The zero-order chi connectivity index (χ0) is 12.2. The second-order valence-corrected chi connectivity index (χ2v) is 2.93. The van der Waals surface area contributed by atoms with E-state index in [9.17, 15) is 13.2 Å². The van der Waals surface area contributed by atoms with E-state index >= 15 is 0 Å². The normalized spacial score (nSPS) is 10.5. The molecule has 0 bridgehead atoms. The Hall–Kier alpha value is -1.54. The van der Waals surface area contributed by atoms with Gasteiger partial charge in [0.05, 0.1) is 11.4 Å². The second kappa shape index (κ2) is 4.99. The number of ether oxygens (including phenoxy) is 1. The van der Waals surface area contributed by atoms with Crippen LogP contribution in [-0.2, 0) is 0 Å². The fourth-order valence-electron chi connectivity index (χ4n) is 0.958. The Labute approximate surface area is 94.6 Å². The van der Waals surface area contributed by atoms with Gasteiger partial charge in [0.1, 0.15) is 11.5 Å². The molecule has 0 spiro atoms. The van der Waals surface area contributed by atoms with E-state index in [0.29, 0.717) is 0 Å². The molecule has 2 nitrogen and oxygen atoms in total. The molecule has 0 aliphatic carbocycles. The van der Waals surface area contributed by atoms with Gasteiger partial charge in [-0.25, -0.2) is 0 Å². The summed E-state index contributed by atoms with van der Waals surface area (Å²) in [7, 11) is 0. The molecule has 0 aliphatic rings. The molecule has 6 heteroatoms. The summed E-state index contributed by atoms with van der Waals surface area (Å²) >= 11 is 5.28. The zero-order valence-corrected chi connectivity index (χ0v) is 8.56. The van der Waals surface area contributed by atoms with Gasteiger partial charge >= 0.3 is 6.36 Å². The highest BCUT2D eigenvalue weighted by molar-refractivity contribution is 6.19. The van der Waals surface area contributed by atoms with Crippen LogP contribution in [0.1, 0.15) is 5.56 Å². The van der Waals surface area contributed by atoms with Crippen molar-refractivity contribution in [1.29, 1.82) is 0 Å². The minimum absolute atomic E-state index is 0.0267. The van der Waals surface area contributed by atoms with E-state index in [0.717, 1.165) is 18.2 Å². The molecular formula is C10H6ClF3O2. The summed E-state index contributed by atoms with van der Waals surface area (Å²) in [6, 6.07) is 3.13. The fourth-order valence-corrected chi connectivity index (χ4v) is 1.02. The molecule has 1 rings (SSSR count). The molecule has 0 radical (unpaired) electrons. The monoisotopic (exact) mass is 250 g/mol. The minimum Gasteiger partial charge on any atom is -0.508 e. The number of hydrogen-bond donors (Lipinski definition) is 1. The Morgan fingerprint density at radius 2 is 2.06 bits per heavy atom. The van der Waals surface area contributed by atoms with Crippen LogP contribution in [0.15, 0.2) is 18.2 Å². The summed E-state index contributed by atoms with van der Waals surface area (Å²) in [5.41, 5.74) is -0.0713. The molecule has 0 fully saturated rings. The Morgan fingerprint density at radius 3 is 2.62 bits per heavy atom. The zero-order valence-electron chi connectivity index (χ0n) is 7.81. The Kier molecular flexibility index (Phi) is 3.91. The highest BCUT2D eigenvalue weighted by Gasteiger charge is 2.32. The van der Waals surface area contributed by atoms with Crippen LogP contribution in [0.3, 0.4) is 0 Å². The molecule has 1 N–H and O–H groups in total. The molecule has 0 saturated carbocycles. The third-order valence-electron chi connectivity index (χ3n) is 1.48. The molecular weight excluding hydrogens is 245 g/mol. The Bertz CT molecular complexity index is 432. The largest absolute Gasteiger partial charge is 0.573 e. The van der Waals surface area contributed by atoms with E-state index in [2.05, 4.69) is 16.6 Å². The lowest BCUT2D eigenvalue weighted by molar-refractivity contribution is -0.274. The van der Waals surface area contributed by atoms with Crippen LogP contribution < -0.4 is 4.74 Å². The molecule has 0 atom stereocenters. The van der Waals surface area contributed by atoms with Gasteiger partial charge in [-0.2, -0.15) is 0 Å². The van der Waals surface area contributed by atoms with Gasteiger partial charge in [0.25, 0.3) is 0 Å². The van der Waals surface area contributed by atoms with Crippen LogP contribution in [0.25, 0.3) is 0 Å². The van der Waals surface area contributed by atoms with Crippen LogP contribution in [0.4, 0.5) is 13.2 Å². The molecule has 0 unspecified atom stereocenters. The molecule has 0 aliphatic heterocycles. The average molecular weight is 251 g/mol. The molecule has 0 aromatic heterocycles. The van der Waals surface area contributed by atoms with E-state index in [1.807, 2.05) is 0 Å². The van der Waals surface area contributed by atoms with Crippen molar-refractivity contribution in [2.24, 2.45) is 0 Å². The van der Waals surface area contributed by atoms with Crippen LogP contribution in [0.2, 0.25) is 0 Å². The number of benzene rings is 1. The number of aromatic hydroxyl groups is 1. The summed E-state index contributed by atoms with van der Waals surface area (Å²) in [6.07, 6.45) is -4.80. The first-order valence-electron chi connectivity index (χ1n) is 4.06. The lowest BCUT2D eigenvalue weighted by Crippen LogP contribution is -2.17. The van der Waals surface area contributed by atoms with E-state index in [-0.39, 0.29) is 17.2 Å². The van der Waals surface area contributed by atoms with E-state index in [1.54, 1.807) is 0 Å². The summed E-state index contributed by atoms with van der Waals surface area (Å²) in [6.45, 7) is 0. The lowest BCUT2D eigenvalue weighted by Gasteiger charge is -2.10. The van der Waals surface area contributed by atoms with Gasteiger partial charge < -0.3 is 9.84 Å². The van der Waals surface area contributed by atoms with Gasteiger partial charge in [-0.3, -0.25) is 0 Å². The predicted octanol–water partition coefficient (Wildman–Crippen LogP) is 2.88. The number of rotatable bonds is 1. The Morgan fingerprint density at radius 1 is 1.38 bits per heavy atom. The Balaban J connectivity index is 3.08. The quantitative estimate of drug-likeness (QED) is 0.613. The molecule has 86 valence electrons. The van der Waals surface area contributed by atoms with E-state index in [1.165, 1.54) is 0 Å². The van der Waals surface area contributed by atoms with Crippen LogP contribution >= 0.6 is 11.6 Å². The van der Waals surface area contributed by atoms with Crippen molar-refractivity contribution in [3.63, 3.8) is 0 Å². The smallest absolute Gasteiger partial charge is 0.508 e. The average Bonchev–Trinajstić information content (AvgIpc) is 2.16. The van der Waals surface area contributed by atoms with Gasteiger partial charge in [-0.15, -0.1) is 24.8 Å². The molecule has 1 aromatic rings. The number of hydrogen-bond acceptors (Lipinski definition) is 2. The summed E-state index contributed by atoms with van der Waals surface area (Å²) in [5.74, 6) is 4.04. The summed E-state index contributed by atoms with van der Waals surface area (Å²) in [4.78, 5) is 0. The molecule has 1 aromatic carbocycles. The summed E-state index contributed by atoms with van der Waals surface area (Å²) < 4.78 is 39.7. The van der Waals surface area contributed by atoms with Gasteiger partial charge in [-0.05, 0) is 18.2 Å². The van der Waals surface area contributed by atoms with Crippen LogP contribution in [0.5, 0.6) is 11.5 Å². The number of alkyl halides is 4. The molecule has 0 amide bonds. The van der Waals surface area contributed by atoms with E-state index in [4.69, 9.17) is 16.7 Å². The van der Waals surface area contributed by atoms with Crippen molar-refractivity contribution in [2.75, 3.05) is 5.88 Å². The predicted molar refractivity (Wildman–Crippen MR) is 52.4 cm³/mol. The standard InChI is InChI=1S/C10H6ClF3O2/c11-5-1-2-7-6-8(15)3-4-9(7)16-10(12,13)14/h3-4,6,15H,5H2. The van der Waals surface area contributed by atoms with Crippen molar-refractivity contribution < 1.29 is 23.0 Å². The first-order valence-corrected chi connectivity index (χ1v) is 4.59. The first-order chi connectivity index (χ1) is 7.42. The topological polar surface area (TPSA) is 29.5 Å². The maximum Gasteiger partial charge on any atom is 0.573 e. The van der Waals surface area contributed by atoms with Gasteiger partial charge in [0.2, 0.25) is 0 Å². The number of halogens is 4. The van der Waals surface area contributed by atoms with Crippen molar-refractivity contribution in [3.8, 4) is 23.3 Å².